The van der Waals surface area contributed by atoms with E-state index in [1.165, 1.54) is 12.8 Å². The predicted molar refractivity (Wildman–Crippen MR) is 123 cm³/mol. The van der Waals surface area contributed by atoms with Gasteiger partial charge in [0.2, 0.25) is 11.9 Å². The van der Waals surface area contributed by atoms with Crippen molar-refractivity contribution >= 4 is 17.8 Å². The molecule has 5 saturated carbocycles. The summed E-state index contributed by atoms with van der Waals surface area (Å²) in [6.45, 7) is 0.570. The lowest BCUT2D eigenvalue weighted by atomic mass is 9.52. The molecule has 7 rings (SSSR count). The largest absolute Gasteiger partial charge is 0.390 e. The highest BCUT2D eigenvalue weighted by Gasteiger charge is 2.55. The molecule has 0 aromatic carbocycles. The van der Waals surface area contributed by atoms with Crippen molar-refractivity contribution in [2.45, 2.75) is 94.2 Å². The van der Waals surface area contributed by atoms with Gasteiger partial charge in [-0.1, -0.05) is 12.8 Å². The summed E-state index contributed by atoms with van der Waals surface area (Å²) in [5, 5.41) is 20.5. The lowest BCUT2D eigenvalue weighted by Gasteiger charge is -2.58. The molecule has 33 heavy (non-hydrogen) atoms. The van der Waals surface area contributed by atoms with Gasteiger partial charge in [0, 0.05) is 37.2 Å². The number of carbonyl (C=O) groups is 2. The number of hydrogen-bond acceptors (Lipinski definition) is 6. The zero-order valence-corrected chi connectivity index (χ0v) is 19.2. The van der Waals surface area contributed by atoms with Gasteiger partial charge in [-0.15, -0.1) is 0 Å². The third-order valence-corrected chi connectivity index (χ3v) is 8.94. The van der Waals surface area contributed by atoms with Crippen LogP contribution in [0.4, 0.5) is 5.95 Å². The number of anilines is 1. The van der Waals surface area contributed by atoms with Crippen LogP contribution in [0.3, 0.4) is 0 Å². The summed E-state index contributed by atoms with van der Waals surface area (Å²) in [5.74, 6) is 2.24. The molecule has 6 atom stereocenters. The minimum absolute atomic E-state index is 0.0576. The van der Waals surface area contributed by atoms with Crippen LogP contribution in [-0.2, 0) is 4.79 Å². The zero-order valence-electron chi connectivity index (χ0n) is 19.2. The van der Waals surface area contributed by atoms with Gasteiger partial charge in [-0.05, 0) is 69.1 Å². The Labute approximate surface area is 194 Å². The van der Waals surface area contributed by atoms with Gasteiger partial charge in [-0.2, -0.15) is 0 Å². The molecule has 178 valence electrons. The van der Waals surface area contributed by atoms with Crippen LogP contribution in [0.1, 0.15) is 92.6 Å². The molecule has 5 aliphatic carbocycles. The maximum absolute atomic E-state index is 13.5. The molecule has 2 heterocycles. The van der Waals surface area contributed by atoms with Crippen molar-refractivity contribution in [1.82, 2.24) is 20.6 Å². The molecule has 4 bridgehead atoms. The normalized spacial score (nSPS) is 37.7. The van der Waals surface area contributed by atoms with Crippen LogP contribution in [0.15, 0.2) is 6.20 Å². The maximum atomic E-state index is 13.5. The van der Waals surface area contributed by atoms with Gasteiger partial charge in [0.25, 0.3) is 5.91 Å². The molecular formula is C25H35N5O3. The van der Waals surface area contributed by atoms with Crippen molar-refractivity contribution < 1.29 is 14.7 Å². The lowest BCUT2D eigenvalue weighted by Crippen LogP contribution is -2.61. The molecule has 0 spiro atoms. The monoisotopic (exact) mass is 453 g/mol. The van der Waals surface area contributed by atoms with E-state index >= 15 is 0 Å². The predicted octanol–water partition coefficient (Wildman–Crippen LogP) is 2.49. The summed E-state index contributed by atoms with van der Waals surface area (Å²) in [7, 11) is 0. The Kier molecular flexibility index (Phi) is 5.31. The molecule has 1 aromatic rings. The van der Waals surface area contributed by atoms with Gasteiger partial charge in [0.15, 0.2) is 0 Å². The van der Waals surface area contributed by atoms with Crippen molar-refractivity contribution in [3.8, 4) is 0 Å². The van der Waals surface area contributed by atoms with Gasteiger partial charge in [0.1, 0.15) is 0 Å². The van der Waals surface area contributed by atoms with Crippen LogP contribution < -0.4 is 16.0 Å². The highest BCUT2D eigenvalue weighted by atomic mass is 16.3. The highest BCUT2D eigenvalue weighted by Crippen LogP contribution is 2.55. The molecule has 1 saturated heterocycles. The van der Waals surface area contributed by atoms with Crippen molar-refractivity contribution in [3.05, 3.63) is 17.5 Å². The molecule has 8 nitrogen and oxygen atoms in total. The molecule has 8 heteroatoms. The Hall–Kier alpha value is -2.22. The van der Waals surface area contributed by atoms with Crippen LogP contribution in [0.5, 0.6) is 0 Å². The Morgan fingerprint density at radius 2 is 1.88 bits per heavy atom. The fourth-order valence-electron chi connectivity index (χ4n) is 7.63. The summed E-state index contributed by atoms with van der Waals surface area (Å²) < 4.78 is 0. The first-order valence-corrected chi connectivity index (χ1v) is 12.9. The molecule has 2 amide bonds. The number of rotatable bonds is 5. The van der Waals surface area contributed by atoms with E-state index in [1.807, 2.05) is 0 Å². The number of nitrogens with one attached hydrogen (secondary N) is 3. The van der Waals surface area contributed by atoms with Crippen molar-refractivity contribution in [2.75, 3.05) is 11.9 Å². The average Bonchev–Trinajstić information content (AvgIpc) is 3.31. The fraction of sp³-hybridized carbons (Fsp3) is 0.760. The Bertz CT molecular complexity index is 920. The van der Waals surface area contributed by atoms with Gasteiger partial charge in [-0.3, -0.25) is 9.59 Å². The number of nitrogens with zero attached hydrogens (tertiary/aromatic N) is 2. The molecule has 3 unspecified atom stereocenters. The molecule has 4 N–H and O–H groups in total. The van der Waals surface area contributed by atoms with E-state index in [9.17, 15) is 14.7 Å². The van der Waals surface area contributed by atoms with E-state index in [1.54, 1.807) is 6.20 Å². The van der Waals surface area contributed by atoms with Crippen LogP contribution in [0.25, 0.3) is 0 Å². The summed E-state index contributed by atoms with van der Waals surface area (Å²) >= 11 is 0. The standard InChI is InChI=1S/C25H35N5O3/c31-20-6-5-18(12-26-20)28-24-27-13-19(22(30-24)15-3-1-2-4-15)23(32)29-21-16-7-14-8-17(21)11-25(33,9-14)10-16/h13-18,21,33H,1-12H2,(H,26,31)(H,29,32)(H,27,28,30)/t14?,16-,17+,18-,21?,25?/m1/s1. The second-order valence-corrected chi connectivity index (χ2v) is 11.4. The van der Waals surface area contributed by atoms with E-state index < -0.39 is 5.60 Å². The maximum Gasteiger partial charge on any atom is 0.254 e. The molecule has 0 radical (unpaired) electrons. The van der Waals surface area contributed by atoms with E-state index in [2.05, 4.69) is 20.9 Å². The quantitative estimate of drug-likeness (QED) is 0.544. The minimum atomic E-state index is -0.498. The molecule has 6 fully saturated rings. The number of piperidine rings is 1. The smallest absolute Gasteiger partial charge is 0.254 e. The van der Waals surface area contributed by atoms with Crippen LogP contribution in [0.2, 0.25) is 0 Å². The SMILES string of the molecule is O=C1CC[C@@H](Nc2ncc(C(=O)NC3[C@@H]4CC5C[C@H]3CC(O)(C5)C4)c(C3CCCC3)n2)CN1. The highest BCUT2D eigenvalue weighted by molar-refractivity contribution is 5.95. The Morgan fingerprint density at radius 1 is 1.12 bits per heavy atom. The summed E-state index contributed by atoms with van der Waals surface area (Å²) in [4.78, 5) is 34.3. The van der Waals surface area contributed by atoms with Crippen molar-refractivity contribution in [3.63, 3.8) is 0 Å². The molecule has 1 aromatic heterocycles. The van der Waals surface area contributed by atoms with E-state index in [0.717, 1.165) is 57.1 Å². The lowest BCUT2D eigenvalue weighted by molar-refractivity contribution is -0.137. The summed E-state index contributed by atoms with van der Waals surface area (Å²) in [6.07, 6.45) is 12.2. The molecular weight excluding hydrogens is 418 g/mol. The van der Waals surface area contributed by atoms with Gasteiger partial charge < -0.3 is 21.1 Å². The Morgan fingerprint density at radius 3 is 2.55 bits per heavy atom. The van der Waals surface area contributed by atoms with E-state index in [4.69, 9.17) is 4.98 Å². The van der Waals surface area contributed by atoms with Crippen LogP contribution in [-0.4, -0.2) is 51.1 Å². The van der Waals surface area contributed by atoms with Crippen LogP contribution in [0, 0.1) is 17.8 Å². The third-order valence-electron chi connectivity index (χ3n) is 8.94. The number of carbonyl (C=O) groups excluding carboxylic acids is 2. The molecule has 6 aliphatic rings. The molecule has 1 aliphatic heterocycles. The van der Waals surface area contributed by atoms with Gasteiger partial charge in [-0.25, -0.2) is 9.97 Å². The summed E-state index contributed by atoms with van der Waals surface area (Å²) in [5.41, 5.74) is 0.976. The van der Waals surface area contributed by atoms with Gasteiger partial charge in [0.05, 0.1) is 16.9 Å². The average molecular weight is 454 g/mol. The number of aliphatic hydroxyl groups is 1. The Balaban J connectivity index is 1.21. The topological polar surface area (TPSA) is 116 Å². The van der Waals surface area contributed by atoms with Crippen molar-refractivity contribution in [2.24, 2.45) is 17.8 Å². The third kappa shape index (κ3) is 4.11. The second-order valence-electron chi connectivity index (χ2n) is 11.4. The number of hydrogen-bond donors (Lipinski definition) is 4. The van der Waals surface area contributed by atoms with Gasteiger partial charge >= 0.3 is 0 Å². The van der Waals surface area contributed by atoms with E-state index in [-0.39, 0.29) is 23.9 Å². The minimum Gasteiger partial charge on any atom is -0.390 e. The first kappa shape index (κ1) is 21.3. The van der Waals surface area contributed by atoms with E-state index in [0.29, 0.717) is 48.1 Å². The number of aromatic nitrogens is 2. The summed E-state index contributed by atoms with van der Waals surface area (Å²) in [6, 6.07) is 0.257. The van der Waals surface area contributed by atoms with Crippen molar-refractivity contribution in [1.29, 1.82) is 0 Å². The zero-order chi connectivity index (χ0) is 22.6. The second kappa shape index (κ2) is 8.22. The first-order chi connectivity index (χ1) is 16.0. The fourth-order valence-corrected chi connectivity index (χ4v) is 7.63. The number of amides is 2. The first-order valence-electron chi connectivity index (χ1n) is 12.9. The van der Waals surface area contributed by atoms with Crippen LogP contribution >= 0.6 is 0 Å².